The van der Waals surface area contributed by atoms with Crippen LogP contribution in [0.4, 0.5) is 0 Å². The van der Waals surface area contributed by atoms with Crippen LogP contribution in [0.2, 0.25) is 24.7 Å². The summed E-state index contributed by atoms with van der Waals surface area (Å²) < 4.78 is 5.57. The van der Waals surface area contributed by atoms with Gasteiger partial charge in [0.25, 0.3) is 0 Å². The summed E-state index contributed by atoms with van der Waals surface area (Å²) in [5.41, 5.74) is 0. The molecule has 1 aromatic heterocycles. The van der Waals surface area contributed by atoms with Crippen molar-refractivity contribution in [2.24, 2.45) is 0 Å². The van der Waals surface area contributed by atoms with Gasteiger partial charge in [-0.2, -0.15) is 5.10 Å². The van der Waals surface area contributed by atoms with E-state index in [1.807, 2.05) is 0 Å². The maximum atomic E-state index is 5.83. The fourth-order valence-corrected chi connectivity index (χ4v) is 1.59. The molecule has 1 heterocycles. The van der Waals surface area contributed by atoms with Crippen LogP contribution in [-0.4, -0.2) is 18.5 Å². The molecule has 3 nitrogen and oxygen atoms in total. The summed E-state index contributed by atoms with van der Waals surface area (Å²) in [6.45, 7) is 6.20. The van der Waals surface area contributed by atoms with E-state index >= 15 is 0 Å². The maximum absolute atomic E-state index is 5.83. The third-order valence-corrected chi connectivity index (χ3v) is 2.14. The molecule has 1 aromatic rings. The predicted molar refractivity (Wildman–Crippen MR) is 51.0 cm³/mol. The van der Waals surface area contributed by atoms with Gasteiger partial charge in [-0.15, -0.1) is 5.10 Å². The Morgan fingerprint density at radius 3 is 2.58 bits per heavy atom. The van der Waals surface area contributed by atoms with Crippen LogP contribution in [-0.2, 0) is 0 Å². The molecule has 0 bridgehead atoms. The molecule has 0 fully saturated rings. The van der Waals surface area contributed by atoms with Crippen molar-refractivity contribution in [3.63, 3.8) is 0 Å². The first kappa shape index (κ1) is 9.47. The van der Waals surface area contributed by atoms with Gasteiger partial charge in [-0.3, -0.25) is 0 Å². The largest absolute Gasteiger partial charge is 0.529 e. The lowest BCUT2D eigenvalue weighted by molar-refractivity contribution is 0.524. The first-order chi connectivity index (χ1) is 5.49. The van der Waals surface area contributed by atoms with E-state index in [1.54, 1.807) is 12.3 Å². The fraction of sp³-hybridized carbons (Fsp3) is 0.429. The van der Waals surface area contributed by atoms with Gasteiger partial charge in [0.15, 0.2) is 0 Å². The van der Waals surface area contributed by atoms with Crippen molar-refractivity contribution in [1.29, 1.82) is 0 Å². The Bertz CT molecular complexity index is 274. The van der Waals surface area contributed by atoms with Gasteiger partial charge in [-0.25, -0.2) is 0 Å². The summed E-state index contributed by atoms with van der Waals surface area (Å²) in [5, 5.41) is 8.01. The topological polar surface area (TPSA) is 35.0 Å². The second-order valence-corrected chi connectivity index (χ2v) is 8.23. The monoisotopic (exact) mass is 202 g/mol. The minimum Gasteiger partial charge on any atom is -0.529 e. The smallest absolute Gasteiger partial charge is 0.244 e. The van der Waals surface area contributed by atoms with Crippen LogP contribution in [0.5, 0.6) is 5.88 Å². The summed E-state index contributed by atoms with van der Waals surface area (Å²) in [5.74, 6) is 0.443. The Kier molecular flexibility index (Phi) is 2.69. The van der Waals surface area contributed by atoms with Crippen molar-refractivity contribution < 1.29 is 4.43 Å². The highest BCUT2D eigenvalue weighted by Gasteiger charge is 2.18. The first-order valence-electron chi connectivity index (χ1n) is 3.65. The molecule has 0 spiro atoms. The second-order valence-electron chi connectivity index (χ2n) is 3.40. The lowest BCUT2D eigenvalue weighted by atomic mass is 10.6. The van der Waals surface area contributed by atoms with Crippen LogP contribution >= 0.6 is 11.6 Å². The highest BCUT2D eigenvalue weighted by Crippen LogP contribution is 2.21. The number of hydrogen-bond donors (Lipinski definition) is 0. The zero-order chi connectivity index (χ0) is 9.19. The quantitative estimate of drug-likeness (QED) is 0.691. The Hall–Kier alpha value is -0.613. The van der Waals surface area contributed by atoms with Crippen LogP contribution in [0.15, 0.2) is 12.3 Å². The minimum atomic E-state index is -1.62. The molecule has 0 saturated carbocycles. The molecular formula is C7H11ClN2OSi. The molecule has 0 amide bonds. The molecule has 0 radical (unpaired) electrons. The van der Waals surface area contributed by atoms with Crippen molar-refractivity contribution in [3.8, 4) is 5.88 Å². The van der Waals surface area contributed by atoms with Gasteiger partial charge >= 0.3 is 0 Å². The maximum Gasteiger partial charge on any atom is 0.244 e. The average Bonchev–Trinajstić information content (AvgIpc) is 1.91. The van der Waals surface area contributed by atoms with Gasteiger partial charge in [0.2, 0.25) is 14.2 Å². The minimum absolute atomic E-state index is 0.443. The zero-order valence-corrected chi connectivity index (χ0v) is 9.09. The molecule has 5 heteroatoms. The summed E-state index contributed by atoms with van der Waals surface area (Å²) in [6, 6.07) is 1.67. The first-order valence-corrected chi connectivity index (χ1v) is 7.44. The summed E-state index contributed by atoms with van der Waals surface area (Å²) in [4.78, 5) is 0. The molecule has 12 heavy (non-hydrogen) atoms. The number of halogens is 1. The Labute approximate surface area is 77.9 Å². The van der Waals surface area contributed by atoms with Crippen molar-refractivity contribution in [3.05, 3.63) is 17.3 Å². The molecule has 0 saturated heterocycles. The van der Waals surface area contributed by atoms with Crippen molar-refractivity contribution in [2.45, 2.75) is 19.6 Å². The lowest BCUT2D eigenvalue weighted by Gasteiger charge is -2.17. The molecule has 0 aromatic carbocycles. The second kappa shape index (κ2) is 3.41. The van der Waals surface area contributed by atoms with Gasteiger partial charge in [0, 0.05) is 0 Å². The van der Waals surface area contributed by atoms with E-state index in [0.717, 1.165) is 0 Å². The van der Waals surface area contributed by atoms with Crippen molar-refractivity contribution in [2.75, 3.05) is 0 Å². The van der Waals surface area contributed by atoms with E-state index in [9.17, 15) is 0 Å². The number of hydrogen-bond acceptors (Lipinski definition) is 3. The summed E-state index contributed by atoms with van der Waals surface area (Å²) in [7, 11) is -1.62. The van der Waals surface area contributed by atoms with E-state index in [-0.39, 0.29) is 0 Å². The fourth-order valence-electron chi connectivity index (χ4n) is 0.663. The van der Waals surface area contributed by atoms with Gasteiger partial charge in [-0.05, 0) is 25.7 Å². The summed E-state index contributed by atoms with van der Waals surface area (Å²) >= 11 is 5.83. The third-order valence-electron chi connectivity index (χ3n) is 1.04. The molecule has 0 unspecified atom stereocenters. The molecule has 0 N–H and O–H groups in total. The summed E-state index contributed by atoms with van der Waals surface area (Å²) in [6.07, 6.45) is 1.54. The number of aromatic nitrogens is 2. The number of nitrogens with zero attached hydrogens (tertiary/aromatic N) is 2. The normalized spacial score (nSPS) is 11.3. The molecule has 0 atom stereocenters. The predicted octanol–water partition coefficient (Wildman–Crippen LogP) is 2.34. The van der Waals surface area contributed by atoms with E-state index in [2.05, 4.69) is 29.8 Å². The van der Waals surface area contributed by atoms with E-state index in [4.69, 9.17) is 16.0 Å². The molecule has 0 aliphatic rings. The average molecular weight is 203 g/mol. The Morgan fingerprint density at radius 1 is 1.42 bits per heavy atom. The zero-order valence-electron chi connectivity index (χ0n) is 7.34. The lowest BCUT2D eigenvalue weighted by Crippen LogP contribution is -2.30. The highest BCUT2D eigenvalue weighted by atomic mass is 35.5. The van der Waals surface area contributed by atoms with Crippen molar-refractivity contribution >= 4 is 19.9 Å². The van der Waals surface area contributed by atoms with E-state index in [1.165, 1.54) is 0 Å². The standard InChI is InChI=1S/C7H11ClN2OSi/c1-12(2,3)11-7-6(8)4-5-9-10-7/h4-5H,1-3H3. The van der Waals surface area contributed by atoms with Crippen LogP contribution in [0, 0.1) is 0 Å². The molecule has 0 aliphatic heterocycles. The van der Waals surface area contributed by atoms with Crippen molar-refractivity contribution in [1.82, 2.24) is 10.2 Å². The van der Waals surface area contributed by atoms with E-state index < -0.39 is 8.32 Å². The van der Waals surface area contributed by atoms with Gasteiger partial charge in [0.1, 0.15) is 5.02 Å². The van der Waals surface area contributed by atoms with Gasteiger partial charge in [0.05, 0.1) is 6.20 Å². The number of rotatable bonds is 2. The molecular weight excluding hydrogens is 192 g/mol. The van der Waals surface area contributed by atoms with E-state index in [0.29, 0.717) is 10.9 Å². The Balaban J connectivity index is 2.83. The third kappa shape index (κ3) is 2.79. The van der Waals surface area contributed by atoms with Crippen LogP contribution in [0.3, 0.4) is 0 Å². The molecule has 66 valence electrons. The van der Waals surface area contributed by atoms with Crippen LogP contribution in [0.1, 0.15) is 0 Å². The Morgan fingerprint density at radius 2 is 2.08 bits per heavy atom. The van der Waals surface area contributed by atoms with Gasteiger partial charge < -0.3 is 4.43 Å². The van der Waals surface area contributed by atoms with Gasteiger partial charge in [-0.1, -0.05) is 11.6 Å². The van der Waals surface area contributed by atoms with Crippen LogP contribution < -0.4 is 4.43 Å². The van der Waals surface area contributed by atoms with Crippen LogP contribution in [0.25, 0.3) is 0 Å². The molecule has 0 aliphatic carbocycles. The SMILES string of the molecule is C[Si](C)(C)Oc1nnccc1Cl. The molecule has 1 rings (SSSR count). The highest BCUT2D eigenvalue weighted by molar-refractivity contribution is 6.70.